The largest absolute Gasteiger partial charge is 0.391 e. The van der Waals surface area contributed by atoms with E-state index < -0.39 is 0 Å². The molecule has 0 aromatic heterocycles. The second-order valence-electron chi connectivity index (χ2n) is 4.18. The van der Waals surface area contributed by atoms with Crippen molar-refractivity contribution >= 4 is 38.5 Å². The Balaban J connectivity index is 2.00. The fraction of sp³-hybridized carbons (Fsp3) is 0.500. The van der Waals surface area contributed by atoms with Gasteiger partial charge in [0.05, 0.1) is 10.2 Å². The van der Waals surface area contributed by atoms with Crippen LogP contribution in [0, 0.1) is 0 Å². The van der Waals surface area contributed by atoms with E-state index in [1.54, 1.807) is 0 Å². The molecular weight excluding hydrogens is 381 g/mol. The topological polar surface area (TPSA) is 23.5 Å². The molecule has 1 N–H and O–H groups in total. The van der Waals surface area contributed by atoms with Gasteiger partial charge in [-0.1, -0.05) is 50.7 Å². The third-order valence-electron chi connectivity index (χ3n) is 2.91. The molecule has 1 saturated heterocycles. The molecule has 1 aromatic rings. The van der Waals surface area contributed by atoms with Crippen molar-refractivity contribution in [1.82, 2.24) is 4.90 Å². The van der Waals surface area contributed by atoms with Gasteiger partial charge in [0.2, 0.25) is 0 Å². The average Bonchev–Trinajstić information content (AvgIpc) is 2.28. The van der Waals surface area contributed by atoms with Crippen LogP contribution in [0.2, 0.25) is 0 Å². The van der Waals surface area contributed by atoms with Crippen LogP contribution in [0.25, 0.3) is 0 Å². The molecule has 0 saturated carbocycles. The number of aliphatic hydroxyl groups is 1. The molecular formula is C12H15BrINO. The van der Waals surface area contributed by atoms with E-state index in [0.717, 1.165) is 30.4 Å². The molecule has 1 aromatic carbocycles. The Morgan fingerprint density at radius 3 is 2.75 bits per heavy atom. The lowest BCUT2D eigenvalue weighted by molar-refractivity contribution is 0.0570. The summed E-state index contributed by atoms with van der Waals surface area (Å²) in [5, 5.41) is 9.81. The van der Waals surface area contributed by atoms with Gasteiger partial charge in [0.1, 0.15) is 0 Å². The molecule has 1 aliphatic heterocycles. The van der Waals surface area contributed by atoms with Gasteiger partial charge < -0.3 is 5.11 Å². The molecule has 1 heterocycles. The monoisotopic (exact) mass is 395 g/mol. The highest BCUT2D eigenvalue weighted by Gasteiger charge is 2.27. The third-order valence-corrected chi connectivity index (χ3v) is 5.06. The summed E-state index contributed by atoms with van der Waals surface area (Å²) in [6.45, 7) is 2.01. The van der Waals surface area contributed by atoms with Crippen molar-refractivity contribution in [3.63, 3.8) is 0 Å². The predicted molar refractivity (Wildman–Crippen MR) is 77.6 cm³/mol. The summed E-state index contributed by atoms with van der Waals surface area (Å²) >= 11 is 5.78. The zero-order chi connectivity index (χ0) is 11.5. The number of hydrogen-bond acceptors (Lipinski definition) is 2. The van der Waals surface area contributed by atoms with E-state index in [2.05, 4.69) is 67.7 Å². The summed E-state index contributed by atoms with van der Waals surface area (Å²) < 4.78 is 1.36. The van der Waals surface area contributed by atoms with E-state index in [1.165, 1.54) is 5.56 Å². The van der Waals surface area contributed by atoms with Crippen LogP contribution < -0.4 is 0 Å². The summed E-state index contributed by atoms with van der Waals surface area (Å²) in [7, 11) is 0. The number of benzene rings is 1. The van der Waals surface area contributed by atoms with Gasteiger partial charge in [-0.25, -0.2) is 0 Å². The first-order valence-corrected chi connectivity index (χ1v) is 7.51. The molecule has 0 spiro atoms. The van der Waals surface area contributed by atoms with Crippen LogP contribution in [0.5, 0.6) is 0 Å². The molecule has 0 radical (unpaired) electrons. The molecule has 0 amide bonds. The number of rotatable bonds is 2. The summed E-state index contributed by atoms with van der Waals surface area (Å²) in [6, 6.07) is 8.40. The normalized spacial score (nSPS) is 26.9. The molecule has 2 rings (SSSR count). The fourth-order valence-electron chi connectivity index (χ4n) is 2.00. The van der Waals surface area contributed by atoms with Crippen LogP contribution >= 0.6 is 38.5 Å². The van der Waals surface area contributed by atoms with Crippen LogP contribution in [-0.4, -0.2) is 26.7 Å². The Kier molecular flexibility index (Phi) is 4.64. The number of nitrogens with zero attached hydrogens (tertiary/aromatic N) is 1. The molecule has 4 heteroatoms. The lowest BCUT2D eigenvalue weighted by Gasteiger charge is -2.35. The number of aliphatic hydroxyl groups excluding tert-OH is 1. The number of piperidine rings is 1. The Bertz CT molecular complexity index is 343. The zero-order valence-corrected chi connectivity index (χ0v) is 12.7. The minimum atomic E-state index is -0.176. The SMILES string of the molecule is OC1CCCN(Cc2ccc(Br)cc2)C1I. The first kappa shape index (κ1) is 12.8. The van der Waals surface area contributed by atoms with Gasteiger partial charge in [-0.3, -0.25) is 4.90 Å². The Labute approximate surface area is 118 Å². The number of alkyl halides is 1. The second-order valence-corrected chi connectivity index (χ2v) is 6.37. The van der Waals surface area contributed by atoms with Crippen LogP contribution in [0.4, 0.5) is 0 Å². The smallest absolute Gasteiger partial charge is 0.0884 e. The molecule has 2 nitrogen and oxygen atoms in total. The Morgan fingerprint density at radius 2 is 2.06 bits per heavy atom. The fourth-order valence-corrected chi connectivity index (χ4v) is 3.10. The molecule has 1 aliphatic rings. The number of likely N-dealkylation sites (tertiary alicyclic amines) is 1. The van der Waals surface area contributed by atoms with Crippen molar-refractivity contribution in [2.75, 3.05) is 6.54 Å². The second kappa shape index (κ2) is 5.80. The van der Waals surface area contributed by atoms with Gasteiger partial charge in [-0.15, -0.1) is 0 Å². The molecule has 0 bridgehead atoms. The summed E-state index contributed by atoms with van der Waals surface area (Å²) in [4.78, 5) is 2.35. The van der Waals surface area contributed by atoms with E-state index in [1.807, 2.05) is 0 Å². The predicted octanol–water partition coefficient (Wildman–Crippen LogP) is 3.17. The van der Waals surface area contributed by atoms with Crippen molar-refractivity contribution in [2.24, 2.45) is 0 Å². The first-order valence-electron chi connectivity index (χ1n) is 5.47. The maximum Gasteiger partial charge on any atom is 0.0884 e. The average molecular weight is 396 g/mol. The van der Waals surface area contributed by atoms with Crippen LogP contribution in [0.1, 0.15) is 18.4 Å². The highest BCUT2D eigenvalue weighted by atomic mass is 127. The van der Waals surface area contributed by atoms with E-state index >= 15 is 0 Å². The van der Waals surface area contributed by atoms with Crippen molar-refractivity contribution < 1.29 is 5.11 Å². The van der Waals surface area contributed by atoms with Crippen molar-refractivity contribution in [2.45, 2.75) is 29.5 Å². The first-order chi connectivity index (χ1) is 7.66. The van der Waals surface area contributed by atoms with Gasteiger partial charge in [0.15, 0.2) is 0 Å². The Morgan fingerprint density at radius 1 is 1.38 bits per heavy atom. The van der Waals surface area contributed by atoms with E-state index in [-0.39, 0.29) is 10.2 Å². The maximum atomic E-state index is 9.81. The van der Waals surface area contributed by atoms with Crippen molar-refractivity contribution in [3.05, 3.63) is 34.3 Å². The minimum Gasteiger partial charge on any atom is -0.391 e. The summed E-state index contributed by atoms with van der Waals surface area (Å²) in [5.41, 5.74) is 1.30. The van der Waals surface area contributed by atoms with Crippen molar-refractivity contribution in [1.29, 1.82) is 0 Å². The van der Waals surface area contributed by atoms with Crippen LogP contribution in [0.3, 0.4) is 0 Å². The highest BCUT2D eigenvalue weighted by Crippen LogP contribution is 2.24. The molecule has 2 atom stereocenters. The molecule has 2 unspecified atom stereocenters. The molecule has 16 heavy (non-hydrogen) atoms. The van der Waals surface area contributed by atoms with Crippen molar-refractivity contribution in [3.8, 4) is 0 Å². The molecule has 88 valence electrons. The standard InChI is InChI=1S/C12H15BrINO/c13-10-5-3-9(4-6-10)8-15-7-1-2-11(16)12(15)14/h3-6,11-12,16H,1-2,7-8H2. The quantitative estimate of drug-likeness (QED) is 0.472. The summed E-state index contributed by atoms with van der Waals surface area (Å²) in [6.07, 6.45) is 1.85. The molecule has 1 fully saturated rings. The maximum absolute atomic E-state index is 9.81. The van der Waals surface area contributed by atoms with Gasteiger partial charge in [-0.2, -0.15) is 0 Å². The van der Waals surface area contributed by atoms with E-state index in [9.17, 15) is 5.11 Å². The van der Waals surface area contributed by atoms with Crippen LogP contribution in [-0.2, 0) is 6.54 Å². The van der Waals surface area contributed by atoms with Gasteiger partial charge >= 0.3 is 0 Å². The van der Waals surface area contributed by atoms with Crippen LogP contribution in [0.15, 0.2) is 28.7 Å². The lowest BCUT2D eigenvalue weighted by atomic mass is 10.1. The third kappa shape index (κ3) is 3.18. The van der Waals surface area contributed by atoms with Gasteiger partial charge in [-0.05, 0) is 37.1 Å². The van der Waals surface area contributed by atoms with E-state index in [0.29, 0.717) is 0 Å². The summed E-state index contributed by atoms with van der Waals surface area (Å²) in [5.74, 6) is 0. The number of hydrogen-bond donors (Lipinski definition) is 1. The highest BCUT2D eigenvalue weighted by molar-refractivity contribution is 14.1. The Hall–Kier alpha value is 0.350. The zero-order valence-electron chi connectivity index (χ0n) is 8.94. The van der Waals surface area contributed by atoms with Gasteiger partial charge in [0.25, 0.3) is 0 Å². The lowest BCUT2D eigenvalue weighted by Crippen LogP contribution is -2.43. The minimum absolute atomic E-state index is 0.176. The number of halogens is 2. The molecule has 0 aliphatic carbocycles. The van der Waals surface area contributed by atoms with E-state index in [4.69, 9.17) is 0 Å². The van der Waals surface area contributed by atoms with Gasteiger partial charge in [0, 0.05) is 11.0 Å².